The zero-order valence-electron chi connectivity index (χ0n) is 11.3. The Morgan fingerprint density at radius 2 is 1.90 bits per heavy atom. The van der Waals surface area contributed by atoms with Crippen LogP contribution in [0.4, 0.5) is 0 Å². The molecule has 112 valence electrons. The fourth-order valence-electron chi connectivity index (χ4n) is 1.50. The van der Waals surface area contributed by atoms with Gasteiger partial charge in [-0.05, 0) is 30.7 Å². The highest BCUT2D eigenvalue weighted by Gasteiger charge is 2.14. The van der Waals surface area contributed by atoms with Gasteiger partial charge in [-0.25, -0.2) is 8.42 Å². The van der Waals surface area contributed by atoms with Gasteiger partial charge < -0.3 is 9.84 Å². The Labute approximate surface area is 118 Å². The Hall–Kier alpha value is -1.60. The van der Waals surface area contributed by atoms with Crippen molar-refractivity contribution in [2.24, 2.45) is 0 Å². The number of aliphatic carboxylic acids is 1. The summed E-state index contributed by atoms with van der Waals surface area (Å²) in [6, 6.07) is 5.89. The molecule has 7 heteroatoms. The second-order valence-corrected chi connectivity index (χ2v) is 6.01. The molecule has 0 aliphatic carbocycles. The summed E-state index contributed by atoms with van der Waals surface area (Å²) in [5.41, 5.74) is 0. The predicted octanol–water partition coefficient (Wildman–Crippen LogP) is 1.62. The number of hydrogen-bond acceptors (Lipinski definition) is 4. The summed E-state index contributed by atoms with van der Waals surface area (Å²) in [6.45, 7) is 2.05. The van der Waals surface area contributed by atoms with Gasteiger partial charge in [-0.2, -0.15) is 4.72 Å². The van der Waals surface area contributed by atoms with Crippen molar-refractivity contribution in [3.8, 4) is 5.75 Å². The lowest BCUT2D eigenvalue weighted by Crippen LogP contribution is -2.29. The first kappa shape index (κ1) is 16.5. The molecule has 1 aromatic rings. The van der Waals surface area contributed by atoms with Crippen molar-refractivity contribution in [3.63, 3.8) is 0 Å². The maximum atomic E-state index is 11.7. The number of hydrogen-bond donors (Lipinski definition) is 2. The molecule has 0 saturated carbocycles. The number of unbranched alkanes of at least 4 members (excludes halogenated alkanes) is 2. The normalized spacial score (nSPS) is 11.2. The smallest absolute Gasteiger partial charge is 0.318 e. The second-order valence-electron chi connectivity index (χ2n) is 4.25. The van der Waals surface area contributed by atoms with Gasteiger partial charge in [0.15, 0.2) is 0 Å². The summed E-state index contributed by atoms with van der Waals surface area (Å²) in [7, 11) is -3.79. The van der Waals surface area contributed by atoms with Gasteiger partial charge in [0.05, 0.1) is 11.5 Å². The Morgan fingerprint density at radius 1 is 1.25 bits per heavy atom. The third-order valence-electron chi connectivity index (χ3n) is 2.56. The molecule has 0 aliphatic heterocycles. The average Bonchev–Trinajstić information content (AvgIpc) is 2.42. The van der Waals surface area contributed by atoms with E-state index < -0.39 is 22.5 Å². The molecule has 20 heavy (non-hydrogen) atoms. The average molecular weight is 301 g/mol. The van der Waals surface area contributed by atoms with Gasteiger partial charge in [0.25, 0.3) is 0 Å². The number of carboxylic acids is 1. The number of benzene rings is 1. The van der Waals surface area contributed by atoms with E-state index >= 15 is 0 Å². The van der Waals surface area contributed by atoms with Crippen LogP contribution < -0.4 is 9.46 Å². The Kier molecular flexibility index (Phi) is 6.47. The van der Waals surface area contributed by atoms with E-state index in [-0.39, 0.29) is 4.90 Å². The predicted molar refractivity (Wildman–Crippen MR) is 74.3 cm³/mol. The van der Waals surface area contributed by atoms with E-state index in [0.717, 1.165) is 19.3 Å². The highest BCUT2D eigenvalue weighted by molar-refractivity contribution is 7.89. The number of ether oxygens (including phenoxy) is 1. The molecule has 2 N–H and O–H groups in total. The summed E-state index contributed by atoms with van der Waals surface area (Å²) in [6.07, 6.45) is 3.15. The minimum Gasteiger partial charge on any atom is -0.494 e. The third kappa shape index (κ3) is 5.58. The van der Waals surface area contributed by atoms with Crippen LogP contribution in [0, 0.1) is 0 Å². The van der Waals surface area contributed by atoms with Crippen LogP contribution in [0.3, 0.4) is 0 Å². The molecule has 0 fully saturated rings. The molecule has 0 heterocycles. The van der Waals surface area contributed by atoms with Crippen LogP contribution >= 0.6 is 0 Å². The summed E-state index contributed by atoms with van der Waals surface area (Å²) in [5.74, 6) is -0.636. The first-order chi connectivity index (χ1) is 9.45. The topological polar surface area (TPSA) is 92.7 Å². The van der Waals surface area contributed by atoms with Gasteiger partial charge in [-0.1, -0.05) is 19.8 Å². The van der Waals surface area contributed by atoms with Gasteiger partial charge in [-0.15, -0.1) is 0 Å². The van der Waals surface area contributed by atoms with Gasteiger partial charge in [0.2, 0.25) is 10.0 Å². The zero-order valence-corrected chi connectivity index (χ0v) is 12.1. The highest BCUT2D eigenvalue weighted by Crippen LogP contribution is 2.16. The van der Waals surface area contributed by atoms with Crippen LogP contribution in [0.2, 0.25) is 0 Å². The van der Waals surface area contributed by atoms with Gasteiger partial charge in [0.1, 0.15) is 12.3 Å². The molecule has 1 aromatic carbocycles. The van der Waals surface area contributed by atoms with E-state index in [4.69, 9.17) is 9.84 Å². The molecule has 0 saturated heterocycles. The first-order valence-electron chi connectivity index (χ1n) is 6.40. The fraction of sp³-hybridized carbons (Fsp3) is 0.462. The SMILES string of the molecule is CCCCCOc1ccc(S(=O)(=O)NCC(=O)O)cc1. The van der Waals surface area contributed by atoms with Crippen molar-refractivity contribution in [2.45, 2.75) is 31.1 Å². The van der Waals surface area contributed by atoms with Crippen LogP contribution in [-0.2, 0) is 14.8 Å². The standard InChI is InChI=1S/C13H19NO5S/c1-2-3-4-9-19-11-5-7-12(8-6-11)20(17,18)14-10-13(15)16/h5-8,14H,2-4,9-10H2,1H3,(H,15,16). The van der Waals surface area contributed by atoms with E-state index in [1.807, 2.05) is 4.72 Å². The zero-order chi connectivity index (χ0) is 15.0. The monoisotopic (exact) mass is 301 g/mol. The minimum atomic E-state index is -3.79. The molecule has 0 radical (unpaired) electrons. The van der Waals surface area contributed by atoms with Crippen molar-refractivity contribution in [1.29, 1.82) is 0 Å². The van der Waals surface area contributed by atoms with E-state index in [2.05, 4.69) is 6.92 Å². The Bertz CT molecular complexity index is 524. The number of nitrogens with one attached hydrogen (secondary N) is 1. The molecule has 0 spiro atoms. The van der Waals surface area contributed by atoms with E-state index in [0.29, 0.717) is 12.4 Å². The van der Waals surface area contributed by atoms with Crippen molar-refractivity contribution in [3.05, 3.63) is 24.3 Å². The number of sulfonamides is 1. The highest BCUT2D eigenvalue weighted by atomic mass is 32.2. The molecule has 0 atom stereocenters. The van der Waals surface area contributed by atoms with Gasteiger partial charge >= 0.3 is 5.97 Å². The molecule has 0 unspecified atom stereocenters. The van der Waals surface area contributed by atoms with Crippen LogP contribution in [0.15, 0.2) is 29.2 Å². The van der Waals surface area contributed by atoms with E-state index in [9.17, 15) is 13.2 Å². The molecule has 1 rings (SSSR count). The lowest BCUT2D eigenvalue weighted by molar-refractivity contribution is -0.135. The quantitative estimate of drug-likeness (QED) is 0.676. The van der Waals surface area contributed by atoms with E-state index in [1.165, 1.54) is 12.1 Å². The van der Waals surface area contributed by atoms with Gasteiger partial charge in [0, 0.05) is 0 Å². The Balaban J connectivity index is 2.59. The summed E-state index contributed by atoms with van der Waals surface area (Å²) >= 11 is 0. The maximum Gasteiger partial charge on any atom is 0.318 e. The Morgan fingerprint density at radius 3 is 2.45 bits per heavy atom. The summed E-state index contributed by atoms with van der Waals surface area (Å²) in [4.78, 5) is 10.4. The molecular weight excluding hydrogens is 282 g/mol. The fourth-order valence-corrected chi connectivity index (χ4v) is 2.47. The van der Waals surface area contributed by atoms with Gasteiger partial charge in [-0.3, -0.25) is 4.79 Å². The maximum absolute atomic E-state index is 11.7. The van der Waals surface area contributed by atoms with Crippen LogP contribution in [0.25, 0.3) is 0 Å². The number of rotatable bonds is 9. The molecular formula is C13H19NO5S. The lowest BCUT2D eigenvalue weighted by Gasteiger charge is -2.08. The van der Waals surface area contributed by atoms with Crippen molar-refractivity contribution in [2.75, 3.05) is 13.2 Å². The van der Waals surface area contributed by atoms with E-state index in [1.54, 1.807) is 12.1 Å². The number of carbonyl (C=O) groups is 1. The summed E-state index contributed by atoms with van der Waals surface area (Å²) < 4.78 is 30.9. The molecule has 0 aromatic heterocycles. The molecule has 0 bridgehead atoms. The molecule has 0 aliphatic rings. The lowest BCUT2D eigenvalue weighted by atomic mass is 10.3. The van der Waals surface area contributed by atoms with Crippen molar-refractivity contribution >= 4 is 16.0 Å². The summed E-state index contributed by atoms with van der Waals surface area (Å²) in [5, 5.41) is 8.46. The molecule has 0 amide bonds. The van der Waals surface area contributed by atoms with Crippen LogP contribution in [0.1, 0.15) is 26.2 Å². The second kappa shape index (κ2) is 7.86. The number of carboxylic acid groups (broad SMARTS) is 1. The largest absolute Gasteiger partial charge is 0.494 e. The third-order valence-corrected chi connectivity index (χ3v) is 3.98. The minimum absolute atomic E-state index is 0.0136. The van der Waals surface area contributed by atoms with Crippen molar-refractivity contribution < 1.29 is 23.1 Å². The van der Waals surface area contributed by atoms with Crippen LogP contribution in [-0.4, -0.2) is 32.6 Å². The first-order valence-corrected chi connectivity index (χ1v) is 7.88. The molecule has 6 nitrogen and oxygen atoms in total. The van der Waals surface area contributed by atoms with Crippen molar-refractivity contribution in [1.82, 2.24) is 4.72 Å². The van der Waals surface area contributed by atoms with Crippen LogP contribution in [0.5, 0.6) is 5.75 Å².